The summed E-state index contributed by atoms with van der Waals surface area (Å²) >= 11 is 0. The van der Waals surface area contributed by atoms with Gasteiger partial charge in [-0.2, -0.15) is 0 Å². The van der Waals surface area contributed by atoms with Gasteiger partial charge in [0.05, 0.1) is 6.04 Å². The molecule has 0 bridgehead atoms. The maximum atomic E-state index is 10.1. The molecule has 48 valence electrons. The van der Waals surface area contributed by atoms with Gasteiger partial charge in [0.15, 0.2) is 0 Å². The number of carbonyl (C=O) groups excluding carboxylic acids is 1. The number of carbonyl (C=O) groups is 1. The second-order valence-electron chi connectivity index (χ2n) is 1.90. The van der Waals surface area contributed by atoms with Gasteiger partial charge in [0.2, 0.25) is 0 Å². The molecule has 0 aliphatic carbocycles. The maximum Gasteiger partial charge on any atom is 1.00 e. The van der Waals surface area contributed by atoms with Gasteiger partial charge >= 0.3 is 29.6 Å². The van der Waals surface area contributed by atoms with E-state index in [4.69, 9.17) is 0 Å². The van der Waals surface area contributed by atoms with E-state index in [1.54, 1.807) is 0 Å². The van der Waals surface area contributed by atoms with Crippen LogP contribution in [0.1, 0.15) is 1.43 Å². The molecule has 1 atom stereocenters. The van der Waals surface area contributed by atoms with Crippen molar-refractivity contribution in [3.8, 4) is 0 Å². The Morgan fingerprint density at radius 2 is 2.33 bits per heavy atom. The van der Waals surface area contributed by atoms with E-state index < -0.39 is 0 Å². The molecule has 0 aromatic rings. The maximum absolute atomic E-state index is 10.1. The Morgan fingerprint density at radius 1 is 1.56 bits per heavy atom. The molecular formula is C5H11N2NaO. The molecule has 0 spiro atoms. The number of hydrogen-bond donors (Lipinski definition) is 2. The van der Waals surface area contributed by atoms with Gasteiger partial charge in [-0.25, -0.2) is 0 Å². The smallest absolute Gasteiger partial charge is 1.00 e. The van der Waals surface area contributed by atoms with Crippen LogP contribution in [0.5, 0.6) is 0 Å². The van der Waals surface area contributed by atoms with Crippen molar-refractivity contribution >= 4 is 6.29 Å². The Labute approximate surface area is 78.4 Å². The molecule has 1 saturated heterocycles. The minimum absolute atomic E-state index is 0. The molecule has 1 aliphatic heterocycles. The first-order valence-corrected chi connectivity index (χ1v) is 2.83. The number of hydrogen-bond acceptors (Lipinski definition) is 3. The standard InChI is InChI=1S/C5H10N2O.Na.H/c8-4-5-3-6-1-2-7-5;;/h4-7H,1-3H2;;/q;+1;-1. The van der Waals surface area contributed by atoms with Crippen LogP contribution in [0.15, 0.2) is 0 Å². The zero-order valence-electron chi connectivity index (χ0n) is 6.68. The molecule has 0 amide bonds. The van der Waals surface area contributed by atoms with E-state index in [1.807, 2.05) is 0 Å². The molecule has 3 nitrogen and oxygen atoms in total. The van der Waals surface area contributed by atoms with Crippen LogP contribution in [0, 0.1) is 0 Å². The van der Waals surface area contributed by atoms with Crippen LogP contribution < -0.4 is 40.2 Å². The fraction of sp³-hybridized carbons (Fsp3) is 0.800. The molecule has 0 aromatic heterocycles. The number of aldehydes is 1. The first-order chi connectivity index (χ1) is 3.93. The van der Waals surface area contributed by atoms with Crippen LogP contribution >= 0.6 is 0 Å². The van der Waals surface area contributed by atoms with E-state index in [-0.39, 0.29) is 37.0 Å². The largest absolute Gasteiger partial charge is 1.00 e. The Bertz CT molecular complexity index is 87.7. The second kappa shape index (κ2) is 5.38. The van der Waals surface area contributed by atoms with Crippen molar-refractivity contribution in [3.05, 3.63) is 0 Å². The molecule has 0 radical (unpaired) electrons. The minimum atomic E-state index is 0. The summed E-state index contributed by atoms with van der Waals surface area (Å²) in [7, 11) is 0. The molecule has 1 aliphatic rings. The molecule has 1 heterocycles. The van der Waals surface area contributed by atoms with Crippen LogP contribution in [0.2, 0.25) is 0 Å². The van der Waals surface area contributed by atoms with Gasteiger partial charge in [-0.15, -0.1) is 0 Å². The summed E-state index contributed by atoms with van der Waals surface area (Å²) in [4.78, 5) is 10.1. The van der Waals surface area contributed by atoms with Crippen molar-refractivity contribution in [2.24, 2.45) is 0 Å². The first kappa shape index (κ1) is 9.59. The van der Waals surface area contributed by atoms with Gasteiger partial charge in [0, 0.05) is 19.6 Å². The van der Waals surface area contributed by atoms with Gasteiger partial charge in [0.1, 0.15) is 6.29 Å². The number of nitrogens with one attached hydrogen (secondary N) is 2. The van der Waals surface area contributed by atoms with E-state index >= 15 is 0 Å². The second-order valence-corrected chi connectivity index (χ2v) is 1.90. The fourth-order valence-corrected chi connectivity index (χ4v) is 0.772. The number of piperazine rings is 1. The van der Waals surface area contributed by atoms with Crippen molar-refractivity contribution < 1.29 is 35.8 Å². The van der Waals surface area contributed by atoms with Gasteiger partial charge < -0.3 is 16.9 Å². The Balaban J connectivity index is 0. The van der Waals surface area contributed by atoms with Crippen LogP contribution in [0.25, 0.3) is 0 Å². The fourth-order valence-electron chi connectivity index (χ4n) is 0.772. The quantitative estimate of drug-likeness (QED) is 0.285. The third-order valence-electron chi connectivity index (χ3n) is 1.24. The molecule has 4 heteroatoms. The van der Waals surface area contributed by atoms with Crippen molar-refractivity contribution in [1.29, 1.82) is 0 Å². The van der Waals surface area contributed by atoms with Gasteiger partial charge in [-0.1, -0.05) is 0 Å². The van der Waals surface area contributed by atoms with Crippen molar-refractivity contribution in [2.75, 3.05) is 19.6 Å². The predicted molar refractivity (Wildman–Crippen MR) is 31.8 cm³/mol. The molecular weight excluding hydrogens is 127 g/mol. The van der Waals surface area contributed by atoms with E-state index in [0.717, 1.165) is 25.9 Å². The zero-order valence-corrected chi connectivity index (χ0v) is 7.68. The molecule has 1 unspecified atom stereocenters. The van der Waals surface area contributed by atoms with Gasteiger partial charge in [-0.05, 0) is 0 Å². The summed E-state index contributed by atoms with van der Waals surface area (Å²) in [6.45, 7) is 2.66. The van der Waals surface area contributed by atoms with E-state index in [2.05, 4.69) is 10.6 Å². The van der Waals surface area contributed by atoms with Crippen LogP contribution in [-0.4, -0.2) is 32.0 Å². The summed E-state index contributed by atoms with van der Waals surface area (Å²) in [5.74, 6) is 0. The third-order valence-corrected chi connectivity index (χ3v) is 1.24. The van der Waals surface area contributed by atoms with Crippen molar-refractivity contribution in [2.45, 2.75) is 6.04 Å². The SMILES string of the molecule is O=CC1CNCCN1.[H-].[Na+]. The van der Waals surface area contributed by atoms with Crippen molar-refractivity contribution in [3.63, 3.8) is 0 Å². The summed E-state index contributed by atoms with van der Waals surface area (Å²) in [5.41, 5.74) is 0. The van der Waals surface area contributed by atoms with E-state index in [0.29, 0.717) is 0 Å². The summed E-state index contributed by atoms with van der Waals surface area (Å²) in [5, 5.41) is 6.13. The van der Waals surface area contributed by atoms with Gasteiger partial charge in [0.25, 0.3) is 0 Å². The predicted octanol–water partition coefficient (Wildman–Crippen LogP) is -4.14. The summed E-state index contributed by atoms with van der Waals surface area (Å²) in [6.07, 6.45) is 0.937. The van der Waals surface area contributed by atoms with Crippen LogP contribution in [0.4, 0.5) is 0 Å². The minimum Gasteiger partial charge on any atom is -1.00 e. The van der Waals surface area contributed by atoms with E-state index in [9.17, 15) is 4.79 Å². The average Bonchev–Trinajstić information content (AvgIpc) is 1.90. The average molecular weight is 138 g/mol. The monoisotopic (exact) mass is 138 g/mol. The Hall–Kier alpha value is 0.590. The molecule has 1 rings (SSSR count). The first-order valence-electron chi connectivity index (χ1n) is 2.83. The Kier molecular flexibility index (Phi) is 5.73. The third kappa shape index (κ3) is 3.33. The summed E-state index contributed by atoms with van der Waals surface area (Å²) < 4.78 is 0. The van der Waals surface area contributed by atoms with Crippen LogP contribution in [0.3, 0.4) is 0 Å². The molecule has 0 saturated carbocycles. The van der Waals surface area contributed by atoms with E-state index in [1.165, 1.54) is 0 Å². The molecule has 0 aromatic carbocycles. The van der Waals surface area contributed by atoms with Crippen molar-refractivity contribution in [1.82, 2.24) is 10.6 Å². The number of rotatable bonds is 1. The molecule has 9 heavy (non-hydrogen) atoms. The summed E-state index contributed by atoms with van der Waals surface area (Å²) in [6, 6.07) is 0.0451. The zero-order chi connectivity index (χ0) is 5.82. The Morgan fingerprint density at radius 3 is 2.67 bits per heavy atom. The van der Waals surface area contributed by atoms with Gasteiger partial charge in [-0.3, -0.25) is 0 Å². The topological polar surface area (TPSA) is 41.1 Å². The van der Waals surface area contributed by atoms with Crippen LogP contribution in [-0.2, 0) is 4.79 Å². The normalized spacial score (nSPS) is 26.4. The molecule has 2 N–H and O–H groups in total. The molecule has 1 fully saturated rings.